The Bertz CT molecular complexity index is 474. The van der Waals surface area contributed by atoms with E-state index in [1.807, 2.05) is 0 Å². The van der Waals surface area contributed by atoms with E-state index in [0.717, 1.165) is 19.4 Å². The van der Waals surface area contributed by atoms with Crippen molar-refractivity contribution in [1.82, 2.24) is 5.32 Å². The Hall–Kier alpha value is -1.62. The van der Waals surface area contributed by atoms with E-state index >= 15 is 0 Å². The summed E-state index contributed by atoms with van der Waals surface area (Å²) in [6.45, 7) is 4.61. The van der Waals surface area contributed by atoms with Gasteiger partial charge in [-0.25, -0.2) is 4.79 Å². The second-order valence-corrected chi connectivity index (χ2v) is 4.52. The highest BCUT2D eigenvalue weighted by Gasteiger charge is 2.19. The van der Waals surface area contributed by atoms with Crippen LogP contribution in [0.5, 0.6) is 0 Å². The molecule has 1 aliphatic heterocycles. The zero-order valence-electron chi connectivity index (χ0n) is 10.6. The van der Waals surface area contributed by atoms with Crippen molar-refractivity contribution >= 4 is 5.91 Å². The molecule has 0 spiro atoms. The Morgan fingerprint density at radius 1 is 1.50 bits per heavy atom. The van der Waals surface area contributed by atoms with Crippen LogP contribution in [0.1, 0.15) is 34.5 Å². The fourth-order valence-corrected chi connectivity index (χ4v) is 2.20. The van der Waals surface area contributed by atoms with Gasteiger partial charge in [-0.3, -0.25) is 4.79 Å². The maximum absolute atomic E-state index is 12.0. The number of hydrogen-bond donors (Lipinski definition) is 1. The molecule has 1 fully saturated rings. The normalized spacial score (nSPS) is 18.9. The van der Waals surface area contributed by atoms with Gasteiger partial charge in [0.25, 0.3) is 5.91 Å². The number of aryl methyl sites for hydroxylation is 2. The van der Waals surface area contributed by atoms with Gasteiger partial charge in [0.1, 0.15) is 5.76 Å². The summed E-state index contributed by atoms with van der Waals surface area (Å²) in [5.41, 5.74) is 0.641. The highest BCUT2D eigenvalue weighted by atomic mass is 16.5. The topological polar surface area (TPSA) is 68.5 Å². The number of carbonyl (C=O) groups excluding carboxylic acids is 1. The van der Waals surface area contributed by atoms with Crippen LogP contribution in [0.2, 0.25) is 0 Å². The quantitative estimate of drug-likeness (QED) is 0.875. The molecule has 0 aromatic carbocycles. The Kier molecular flexibility index (Phi) is 3.81. The average Bonchev–Trinajstić information content (AvgIpc) is 2.77. The number of amides is 1. The van der Waals surface area contributed by atoms with E-state index in [9.17, 15) is 9.59 Å². The first-order chi connectivity index (χ1) is 8.58. The highest BCUT2D eigenvalue weighted by molar-refractivity contribution is 5.96. The number of carbonyl (C=O) groups is 1. The smallest absolute Gasteiger partial charge is 0.336 e. The monoisotopic (exact) mass is 251 g/mol. The van der Waals surface area contributed by atoms with Crippen molar-refractivity contribution < 1.29 is 13.9 Å². The molecule has 0 unspecified atom stereocenters. The van der Waals surface area contributed by atoms with Crippen LogP contribution in [0.4, 0.5) is 0 Å². The van der Waals surface area contributed by atoms with E-state index in [0.29, 0.717) is 23.4 Å². The zero-order chi connectivity index (χ0) is 13.1. The SMILES string of the molecule is Cc1cc(=O)oc(C)c1C(=O)NC[C@H]1CCCO1. The Balaban J connectivity index is 2.06. The van der Waals surface area contributed by atoms with Crippen LogP contribution < -0.4 is 10.9 Å². The summed E-state index contributed by atoms with van der Waals surface area (Å²) in [6, 6.07) is 1.33. The lowest BCUT2D eigenvalue weighted by Gasteiger charge is -2.12. The number of ether oxygens (including phenoxy) is 1. The summed E-state index contributed by atoms with van der Waals surface area (Å²) in [7, 11) is 0. The second kappa shape index (κ2) is 5.35. The van der Waals surface area contributed by atoms with Gasteiger partial charge in [-0.15, -0.1) is 0 Å². The van der Waals surface area contributed by atoms with Crippen LogP contribution in [0.3, 0.4) is 0 Å². The summed E-state index contributed by atoms with van der Waals surface area (Å²) in [5.74, 6) is 0.133. The molecule has 2 rings (SSSR count). The molecule has 18 heavy (non-hydrogen) atoms. The minimum absolute atomic E-state index is 0.102. The second-order valence-electron chi connectivity index (χ2n) is 4.52. The van der Waals surface area contributed by atoms with Crippen LogP contribution in [-0.4, -0.2) is 25.2 Å². The van der Waals surface area contributed by atoms with Crippen molar-refractivity contribution in [1.29, 1.82) is 0 Å². The Morgan fingerprint density at radius 3 is 2.89 bits per heavy atom. The van der Waals surface area contributed by atoms with Crippen LogP contribution in [0.25, 0.3) is 0 Å². The van der Waals surface area contributed by atoms with Gasteiger partial charge in [-0.1, -0.05) is 0 Å². The lowest BCUT2D eigenvalue weighted by Crippen LogP contribution is -2.32. The zero-order valence-corrected chi connectivity index (χ0v) is 10.6. The van der Waals surface area contributed by atoms with E-state index in [1.165, 1.54) is 6.07 Å². The van der Waals surface area contributed by atoms with Gasteiger partial charge in [0.05, 0.1) is 11.7 Å². The molecule has 1 aliphatic rings. The molecule has 1 amide bonds. The summed E-state index contributed by atoms with van der Waals surface area (Å²) < 4.78 is 10.4. The minimum atomic E-state index is -0.430. The molecule has 5 nitrogen and oxygen atoms in total. The third kappa shape index (κ3) is 2.79. The van der Waals surface area contributed by atoms with E-state index < -0.39 is 5.63 Å². The lowest BCUT2D eigenvalue weighted by molar-refractivity contribution is 0.0854. The number of nitrogens with one attached hydrogen (secondary N) is 1. The fraction of sp³-hybridized carbons (Fsp3) is 0.538. The first kappa shape index (κ1) is 12.8. The number of hydrogen-bond acceptors (Lipinski definition) is 4. The molecular weight excluding hydrogens is 234 g/mol. The molecule has 1 atom stereocenters. The third-order valence-electron chi connectivity index (χ3n) is 3.08. The molecule has 1 saturated heterocycles. The Morgan fingerprint density at radius 2 is 2.28 bits per heavy atom. The molecular formula is C13H17NO4. The van der Waals surface area contributed by atoms with Crippen molar-refractivity contribution in [3.63, 3.8) is 0 Å². The van der Waals surface area contributed by atoms with Crippen LogP contribution in [0.15, 0.2) is 15.3 Å². The van der Waals surface area contributed by atoms with Crippen LogP contribution in [0, 0.1) is 13.8 Å². The molecule has 1 N–H and O–H groups in total. The van der Waals surface area contributed by atoms with Crippen molar-refractivity contribution in [2.24, 2.45) is 0 Å². The predicted molar refractivity (Wildman–Crippen MR) is 65.8 cm³/mol. The summed E-state index contributed by atoms with van der Waals surface area (Å²) in [4.78, 5) is 23.2. The van der Waals surface area contributed by atoms with Gasteiger partial charge in [-0.05, 0) is 32.3 Å². The first-order valence-corrected chi connectivity index (χ1v) is 6.09. The fourth-order valence-electron chi connectivity index (χ4n) is 2.20. The lowest BCUT2D eigenvalue weighted by atomic mass is 10.1. The van der Waals surface area contributed by atoms with E-state index in [4.69, 9.17) is 9.15 Å². The molecule has 0 saturated carbocycles. The average molecular weight is 251 g/mol. The molecule has 1 aromatic heterocycles. The molecule has 0 radical (unpaired) electrons. The molecule has 5 heteroatoms. The first-order valence-electron chi connectivity index (χ1n) is 6.09. The van der Waals surface area contributed by atoms with E-state index in [2.05, 4.69) is 5.32 Å². The van der Waals surface area contributed by atoms with Crippen molar-refractivity contribution in [2.45, 2.75) is 32.8 Å². The third-order valence-corrected chi connectivity index (χ3v) is 3.08. The van der Waals surface area contributed by atoms with Gasteiger partial charge < -0.3 is 14.5 Å². The molecule has 0 aliphatic carbocycles. The van der Waals surface area contributed by atoms with Crippen molar-refractivity contribution in [3.05, 3.63) is 33.4 Å². The van der Waals surface area contributed by atoms with Gasteiger partial charge in [0, 0.05) is 19.2 Å². The summed E-state index contributed by atoms with van der Waals surface area (Å²) >= 11 is 0. The number of rotatable bonds is 3. The van der Waals surface area contributed by atoms with E-state index in [-0.39, 0.29) is 12.0 Å². The van der Waals surface area contributed by atoms with Gasteiger partial charge in [0.15, 0.2) is 0 Å². The van der Waals surface area contributed by atoms with Crippen LogP contribution in [-0.2, 0) is 4.74 Å². The van der Waals surface area contributed by atoms with Crippen LogP contribution >= 0.6 is 0 Å². The van der Waals surface area contributed by atoms with Crippen molar-refractivity contribution in [3.8, 4) is 0 Å². The molecule has 0 bridgehead atoms. The van der Waals surface area contributed by atoms with Gasteiger partial charge >= 0.3 is 5.63 Å². The predicted octanol–water partition coefficient (Wildman–Crippen LogP) is 1.17. The van der Waals surface area contributed by atoms with Gasteiger partial charge in [0.2, 0.25) is 0 Å². The molecule has 2 heterocycles. The maximum atomic E-state index is 12.0. The standard InChI is InChI=1S/C13H17NO4/c1-8-6-11(15)18-9(2)12(8)13(16)14-7-10-4-3-5-17-10/h6,10H,3-5,7H2,1-2H3,(H,14,16)/t10-/m1/s1. The van der Waals surface area contributed by atoms with Gasteiger partial charge in [-0.2, -0.15) is 0 Å². The highest BCUT2D eigenvalue weighted by Crippen LogP contribution is 2.13. The molecule has 1 aromatic rings. The van der Waals surface area contributed by atoms with Crippen molar-refractivity contribution in [2.75, 3.05) is 13.2 Å². The molecule has 98 valence electrons. The minimum Gasteiger partial charge on any atom is -0.427 e. The van der Waals surface area contributed by atoms with E-state index in [1.54, 1.807) is 13.8 Å². The summed E-state index contributed by atoms with van der Waals surface area (Å²) in [6.07, 6.45) is 2.12. The largest absolute Gasteiger partial charge is 0.427 e. The maximum Gasteiger partial charge on any atom is 0.336 e. The summed E-state index contributed by atoms with van der Waals surface area (Å²) in [5, 5.41) is 2.82. The Labute approximate surface area is 105 Å².